The van der Waals surface area contributed by atoms with Gasteiger partial charge in [-0.2, -0.15) is 0 Å². The monoisotopic (exact) mass is 468 g/mol. The summed E-state index contributed by atoms with van der Waals surface area (Å²) in [6.07, 6.45) is 25.7. The van der Waals surface area contributed by atoms with E-state index in [4.69, 9.17) is 0 Å². The first-order valence-electron chi connectivity index (χ1n) is 14.2. The number of carboxylic acids is 1. The van der Waals surface area contributed by atoms with Gasteiger partial charge in [0.05, 0.1) is 26.6 Å². The third-order valence-electron chi connectivity index (χ3n) is 6.58. The first-order chi connectivity index (χ1) is 15.9. The molecule has 0 heterocycles. The molecule has 0 saturated carbocycles. The van der Waals surface area contributed by atoms with Gasteiger partial charge in [0.2, 0.25) is 5.91 Å². The van der Waals surface area contributed by atoms with E-state index in [1.165, 1.54) is 103 Å². The lowest BCUT2D eigenvalue weighted by Crippen LogP contribution is -2.49. The summed E-state index contributed by atoms with van der Waals surface area (Å²) in [4.78, 5) is 22.6. The molecular weight excluding hydrogens is 412 g/mol. The summed E-state index contributed by atoms with van der Waals surface area (Å²) in [7, 11) is 3.74. The Kier molecular flexibility index (Phi) is 21.9. The van der Waals surface area contributed by atoms with Gasteiger partial charge in [-0.3, -0.25) is 4.79 Å². The predicted molar refractivity (Wildman–Crippen MR) is 138 cm³/mol. The third kappa shape index (κ3) is 25.4. The molecule has 0 atom stereocenters. The lowest BCUT2D eigenvalue weighted by atomic mass is 10.0. The molecule has 0 unspecified atom stereocenters. The van der Waals surface area contributed by atoms with Crippen molar-refractivity contribution in [2.24, 2.45) is 0 Å². The molecule has 196 valence electrons. The van der Waals surface area contributed by atoms with Gasteiger partial charge >= 0.3 is 0 Å². The Morgan fingerprint density at radius 3 is 1.42 bits per heavy atom. The Labute approximate surface area is 205 Å². The highest BCUT2D eigenvalue weighted by Crippen LogP contribution is 2.14. The Morgan fingerprint density at radius 2 is 1.03 bits per heavy atom. The number of carboxylic acid groups (broad SMARTS) is 1. The quantitative estimate of drug-likeness (QED) is 0.137. The van der Waals surface area contributed by atoms with E-state index in [0.29, 0.717) is 24.0 Å². The van der Waals surface area contributed by atoms with Gasteiger partial charge in [0, 0.05) is 19.4 Å². The van der Waals surface area contributed by atoms with E-state index in [1.54, 1.807) is 0 Å². The van der Waals surface area contributed by atoms with Gasteiger partial charge in [-0.05, 0) is 6.42 Å². The zero-order valence-electron chi connectivity index (χ0n) is 22.4. The molecule has 0 spiro atoms. The number of hydrogen-bond donors (Lipinski definition) is 1. The zero-order chi connectivity index (χ0) is 24.6. The summed E-state index contributed by atoms with van der Waals surface area (Å²) in [5.41, 5.74) is 0. The number of nitrogens with one attached hydrogen (secondary N) is 1. The molecule has 1 amide bonds. The van der Waals surface area contributed by atoms with Gasteiger partial charge in [-0.15, -0.1) is 0 Å². The van der Waals surface area contributed by atoms with Crippen molar-refractivity contribution in [3.8, 4) is 0 Å². The van der Waals surface area contributed by atoms with Crippen molar-refractivity contribution in [1.82, 2.24) is 5.32 Å². The number of carbonyl (C=O) groups excluding carboxylic acids is 2. The van der Waals surface area contributed by atoms with Gasteiger partial charge in [0.15, 0.2) is 0 Å². The van der Waals surface area contributed by atoms with Crippen LogP contribution in [0, 0.1) is 0 Å². The summed E-state index contributed by atoms with van der Waals surface area (Å²) < 4.78 is 0.386. The third-order valence-corrected chi connectivity index (χ3v) is 6.58. The number of aliphatic carboxylic acids is 1. The fourth-order valence-corrected chi connectivity index (χ4v) is 4.44. The lowest BCUT2D eigenvalue weighted by Gasteiger charge is -2.30. The van der Waals surface area contributed by atoms with Crippen molar-refractivity contribution < 1.29 is 19.2 Å². The van der Waals surface area contributed by atoms with E-state index in [9.17, 15) is 14.7 Å². The highest BCUT2D eigenvalue weighted by atomic mass is 16.4. The van der Waals surface area contributed by atoms with Crippen LogP contribution in [0.3, 0.4) is 0 Å². The van der Waals surface area contributed by atoms with Crippen molar-refractivity contribution in [3.05, 3.63) is 0 Å². The largest absolute Gasteiger partial charge is 0.544 e. The summed E-state index contributed by atoms with van der Waals surface area (Å²) in [5.74, 6) is -0.908. The number of nitrogens with zero attached hydrogens (tertiary/aromatic N) is 1. The fraction of sp³-hybridized carbons (Fsp3) is 0.929. The van der Waals surface area contributed by atoms with Gasteiger partial charge in [0.25, 0.3) is 0 Å². The van der Waals surface area contributed by atoms with Gasteiger partial charge in [0.1, 0.15) is 6.54 Å². The maximum Gasteiger partial charge on any atom is 0.219 e. The minimum absolute atomic E-state index is 0.00720. The topological polar surface area (TPSA) is 69.2 Å². The molecule has 0 aliphatic carbocycles. The zero-order valence-corrected chi connectivity index (χ0v) is 22.4. The van der Waals surface area contributed by atoms with E-state index in [-0.39, 0.29) is 12.5 Å². The molecule has 0 bridgehead atoms. The molecule has 0 saturated heterocycles. The highest BCUT2D eigenvalue weighted by molar-refractivity contribution is 5.75. The summed E-state index contributed by atoms with van der Waals surface area (Å²) >= 11 is 0. The molecule has 5 heteroatoms. The predicted octanol–water partition coefficient (Wildman–Crippen LogP) is 5.75. The molecular formula is C28H56N2O3. The molecule has 0 fully saturated rings. The number of carbonyl (C=O) groups is 2. The van der Waals surface area contributed by atoms with Crippen LogP contribution >= 0.6 is 0 Å². The highest BCUT2D eigenvalue weighted by Gasteiger charge is 2.14. The Hall–Kier alpha value is -1.10. The Bertz CT molecular complexity index is 466. The summed E-state index contributed by atoms with van der Waals surface area (Å²) in [5, 5.41) is 13.7. The summed E-state index contributed by atoms with van der Waals surface area (Å²) in [6, 6.07) is 0. The second-order valence-electron chi connectivity index (χ2n) is 10.7. The van der Waals surface area contributed by atoms with E-state index in [1.807, 2.05) is 14.1 Å². The van der Waals surface area contributed by atoms with Crippen molar-refractivity contribution in [3.63, 3.8) is 0 Å². The fourth-order valence-electron chi connectivity index (χ4n) is 4.44. The van der Waals surface area contributed by atoms with Crippen LogP contribution in [0.4, 0.5) is 0 Å². The minimum Gasteiger partial charge on any atom is -0.544 e. The first-order valence-corrected chi connectivity index (χ1v) is 14.2. The average molecular weight is 469 g/mol. The molecule has 1 N–H and O–H groups in total. The molecule has 0 aromatic rings. The van der Waals surface area contributed by atoms with Gasteiger partial charge in [-0.1, -0.05) is 116 Å². The smallest absolute Gasteiger partial charge is 0.219 e. The molecule has 33 heavy (non-hydrogen) atoms. The van der Waals surface area contributed by atoms with E-state index >= 15 is 0 Å². The molecule has 0 aliphatic rings. The van der Waals surface area contributed by atoms with E-state index < -0.39 is 5.97 Å². The van der Waals surface area contributed by atoms with Crippen molar-refractivity contribution in [1.29, 1.82) is 0 Å². The molecule has 0 aromatic heterocycles. The van der Waals surface area contributed by atoms with Gasteiger partial charge in [-0.25, -0.2) is 0 Å². The Morgan fingerprint density at radius 1 is 0.636 bits per heavy atom. The maximum absolute atomic E-state index is 11.9. The van der Waals surface area contributed by atoms with Crippen LogP contribution < -0.4 is 10.4 Å². The van der Waals surface area contributed by atoms with Crippen LogP contribution in [0.15, 0.2) is 0 Å². The summed E-state index contributed by atoms with van der Waals surface area (Å²) in [6.45, 7) is 3.62. The first kappa shape index (κ1) is 31.9. The van der Waals surface area contributed by atoms with Crippen LogP contribution in [0.5, 0.6) is 0 Å². The van der Waals surface area contributed by atoms with Crippen LogP contribution in [-0.2, 0) is 9.59 Å². The van der Waals surface area contributed by atoms with Crippen LogP contribution in [0.1, 0.15) is 135 Å². The molecule has 0 aliphatic heterocycles. The van der Waals surface area contributed by atoms with Crippen molar-refractivity contribution in [2.45, 2.75) is 135 Å². The second kappa shape index (κ2) is 22.7. The number of unbranched alkanes of at least 4 members (excludes halogenated alkanes) is 17. The number of likely N-dealkylation sites (N-methyl/N-ethyl adjacent to an activating group) is 1. The minimum atomic E-state index is -1.03. The normalized spacial score (nSPS) is 11.6. The van der Waals surface area contributed by atoms with E-state index in [0.717, 1.165) is 19.3 Å². The maximum atomic E-state index is 11.9. The lowest BCUT2D eigenvalue weighted by molar-refractivity contribution is -0.884. The SMILES string of the molecule is CCCCCCCCCCCCCCCCCCCCC(=O)NCCC[N+](C)(C)CC(=O)[O-]. The van der Waals surface area contributed by atoms with Crippen molar-refractivity contribution >= 4 is 11.9 Å². The molecule has 0 radical (unpaired) electrons. The van der Waals surface area contributed by atoms with Crippen LogP contribution in [0.25, 0.3) is 0 Å². The number of quaternary nitrogens is 1. The van der Waals surface area contributed by atoms with Gasteiger partial charge < -0.3 is 19.7 Å². The average Bonchev–Trinajstić information content (AvgIpc) is 2.75. The van der Waals surface area contributed by atoms with Crippen LogP contribution in [0.2, 0.25) is 0 Å². The van der Waals surface area contributed by atoms with Crippen molar-refractivity contribution in [2.75, 3.05) is 33.7 Å². The number of hydrogen-bond acceptors (Lipinski definition) is 3. The molecule has 0 rings (SSSR count). The number of amides is 1. The number of rotatable bonds is 25. The second-order valence-corrected chi connectivity index (χ2v) is 10.7. The molecule has 5 nitrogen and oxygen atoms in total. The standard InChI is InChI=1S/C28H56N2O3/c1-4-5-6-7-8-9-10-11-12-13-14-15-16-17-18-19-20-21-23-27(31)29-24-22-25-30(2,3)26-28(32)33/h4-26H2,1-3H3,(H-,29,31,32,33). The Balaban J connectivity index is 3.27. The molecule has 0 aromatic carbocycles. The van der Waals surface area contributed by atoms with E-state index in [2.05, 4.69) is 12.2 Å². The van der Waals surface area contributed by atoms with Crippen LogP contribution in [-0.4, -0.2) is 50.1 Å².